The van der Waals surface area contributed by atoms with Crippen molar-refractivity contribution >= 4 is 11.6 Å². The third-order valence-corrected chi connectivity index (χ3v) is 1.67. The summed E-state index contributed by atoms with van der Waals surface area (Å²) < 4.78 is 24.0. The molecule has 0 aromatic carbocycles. The van der Waals surface area contributed by atoms with Crippen LogP contribution in [0.5, 0.6) is 0 Å². The molecule has 0 aliphatic carbocycles. The van der Waals surface area contributed by atoms with Gasteiger partial charge < -0.3 is 5.11 Å². The predicted octanol–water partition coefficient (Wildman–Crippen LogP) is 2.16. The Morgan fingerprint density at radius 2 is 2.25 bits per heavy atom. The van der Waals surface area contributed by atoms with Crippen LogP contribution in [0.3, 0.4) is 0 Å². The first-order chi connectivity index (χ1) is 5.65. The maximum Gasteiger partial charge on any atom is 0.265 e. The lowest BCUT2D eigenvalue weighted by atomic mass is 10.2. The maximum atomic E-state index is 12.0. The monoisotopic (exact) mass is 193 g/mol. The SMILES string of the molecule is OCc1ncc(C(F)F)cc1Cl. The minimum Gasteiger partial charge on any atom is -0.390 e. The Labute approximate surface area is 72.8 Å². The Morgan fingerprint density at radius 1 is 1.58 bits per heavy atom. The van der Waals surface area contributed by atoms with Crippen LogP contribution >= 0.6 is 11.6 Å². The van der Waals surface area contributed by atoms with E-state index in [9.17, 15) is 8.78 Å². The number of nitrogens with zero attached hydrogens (tertiary/aromatic N) is 1. The van der Waals surface area contributed by atoms with Crippen molar-refractivity contribution in [3.63, 3.8) is 0 Å². The van der Waals surface area contributed by atoms with Crippen molar-refractivity contribution in [1.29, 1.82) is 0 Å². The second kappa shape index (κ2) is 3.78. The van der Waals surface area contributed by atoms with Crippen LogP contribution < -0.4 is 0 Å². The van der Waals surface area contributed by atoms with Gasteiger partial charge in [0.25, 0.3) is 6.43 Å². The molecule has 0 bridgehead atoms. The topological polar surface area (TPSA) is 33.1 Å². The summed E-state index contributed by atoms with van der Waals surface area (Å²) in [5.74, 6) is 0. The molecule has 0 fully saturated rings. The summed E-state index contributed by atoms with van der Waals surface area (Å²) in [6.45, 7) is -0.345. The maximum absolute atomic E-state index is 12.0. The predicted molar refractivity (Wildman–Crippen MR) is 40.1 cm³/mol. The van der Waals surface area contributed by atoms with Gasteiger partial charge in [0.1, 0.15) is 0 Å². The summed E-state index contributed by atoms with van der Waals surface area (Å²) in [4.78, 5) is 3.56. The van der Waals surface area contributed by atoms with Gasteiger partial charge in [-0.25, -0.2) is 8.78 Å². The fraction of sp³-hybridized carbons (Fsp3) is 0.286. The standard InChI is InChI=1S/C7H6ClF2NO/c8-5-1-4(7(9)10)2-11-6(5)3-12/h1-2,7,12H,3H2. The van der Waals surface area contributed by atoms with E-state index in [0.717, 1.165) is 12.3 Å². The molecule has 0 aliphatic rings. The van der Waals surface area contributed by atoms with Crippen molar-refractivity contribution in [1.82, 2.24) is 4.98 Å². The van der Waals surface area contributed by atoms with Gasteiger partial charge in [0.05, 0.1) is 17.3 Å². The number of rotatable bonds is 2. The molecule has 5 heteroatoms. The molecule has 2 nitrogen and oxygen atoms in total. The molecule has 0 saturated carbocycles. The van der Waals surface area contributed by atoms with E-state index in [4.69, 9.17) is 16.7 Å². The fourth-order valence-corrected chi connectivity index (χ4v) is 0.951. The first-order valence-electron chi connectivity index (χ1n) is 3.18. The molecule has 0 unspecified atom stereocenters. The van der Waals surface area contributed by atoms with Crippen LogP contribution in [0.1, 0.15) is 17.7 Å². The first kappa shape index (κ1) is 9.35. The van der Waals surface area contributed by atoms with Gasteiger partial charge in [0.2, 0.25) is 0 Å². The van der Waals surface area contributed by atoms with E-state index in [-0.39, 0.29) is 22.9 Å². The van der Waals surface area contributed by atoms with Gasteiger partial charge in [-0.3, -0.25) is 4.98 Å². The Kier molecular flexibility index (Phi) is 2.94. The zero-order valence-corrected chi connectivity index (χ0v) is 6.72. The molecule has 0 aliphatic heterocycles. The molecule has 0 saturated heterocycles. The highest BCUT2D eigenvalue weighted by Gasteiger charge is 2.09. The number of aromatic nitrogens is 1. The largest absolute Gasteiger partial charge is 0.390 e. The van der Waals surface area contributed by atoms with E-state index in [2.05, 4.69) is 4.98 Å². The zero-order valence-electron chi connectivity index (χ0n) is 5.97. The van der Waals surface area contributed by atoms with Gasteiger partial charge >= 0.3 is 0 Å². The molecule has 0 amide bonds. The Morgan fingerprint density at radius 3 is 2.67 bits per heavy atom. The van der Waals surface area contributed by atoms with Crippen LogP contribution in [0, 0.1) is 0 Å². The van der Waals surface area contributed by atoms with E-state index in [0.29, 0.717) is 0 Å². The minimum atomic E-state index is -2.58. The second-order valence-electron chi connectivity index (χ2n) is 2.16. The van der Waals surface area contributed by atoms with Gasteiger partial charge in [-0.05, 0) is 6.07 Å². The number of pyridine rings is 1. The van der Waals surface area contributed by atoms with E-state index >= 15 is 0 Å². The molecule has 0 atom stereocenters. The lowest BCUT2D eigenvalue weighted by Crippen LogP contribution is -1.93. The number of aliphatic hydroxyl groups excluding tert-OH is 1. The molecular weight excluding hydrogens is 188 g/mol. The van der Waals surface area contributed by atoms with Crippen LogP contribution in [0.15, 0.2) is 12.3 Å². The number of aliphatic hydroxyl groups is 1. The quantitative estimate of drug-likeness (QED) is 0.781. The Balaban J connectivity index is 3.02. The number of hydrogen-bond acceptors (Lipinski definition) is 2. The van der Waals surface area contributed by atoms with Crippen LogP contribution in [-0.2, 0) is 6.61 Å². The summed E-state index contributed by atoms with van der Waals surface area (Å²) in [6.07, 6.45) is -1.58. The molecule has 0 spiro atoms. The van der Waals surface area contributed by atoms with E-state index in [1.165, 1.54) is 0 Å². The molecule has 66 valence electrons. The molecule has 0 radical (unpaired) electrons. The van der Waals surface area contributed by atoms with Crippen LogP contribution in [-0.4, -0.2) is 10.1 Å². The molecule has 1 N–H and O–H groups in total. The van der Waals surface area contributed by atoms with E-state index in [1.54, 1.807) is 0 Å². The Bertz CT molecular complexity index is 280. The van der Waals surface area contributed by atoms with E-state index < -0.39 is 6.43 Å². The van der Waals surface area contributed by atoms with Crippen molar-refractivity contribution in [2.24, 2.45) is 0 Å². The molecular formula is C7H6ClF2NO. The highest BCUT2D eigenvalue weighted by atomic mass is 35.5. The average molecular weight is 194 g/mol. The molecule has 1 aromatic rings. The lowest BCUT2D eigenvalue weighted by molar-refractivity contribution is 0.151. The van der Waals surface area contributed by atoms with Crippen molar-refractivity contribution < 1.29 is 13.9 Å². The van der Waals surface area contributed by atoms with Crippen LogP contribution in [0.2, 0.25) is 5.02 Å². The zero-order chi connectivity index (χ0) is 9.14. The first-order valence-corrected chi connectivity index (χ1v) is 3.56. The smallest absolute Gasteiger partial charge is 0.265 e. The van der Waals surface area contributed by atoms with Gasteiger partial charge in [-0.1, -0.05) is 11.6 Å². The third kappa shape index (κ3) is 1.89. The van der Waals surface area contributed by atoms with Gasteiger partial charge in [0.15, 0.2) is 0 Å². The van der Waals surface area contributed by atoms with Gasteiger partial charge in [0, 0.05) is 11.8 Å². The Hall–Kier alpha value is -0.740. The third-order valence-electron chi connectivity index (χ3n) is 1.34. The summed E-state index contributed by atoms with van der Waals surface area (Å²) in [7, 11) is 0. The van der Waals surface area contributed by atoms with Crippen molar-refractivity contribution in [3.05, 3.63) is 28.5 Å². The number of hydrogen-bond donors (Lipinski definition) is 1. The van der Waals surface area contributed by atoms with E-state index in [1.807, 2.05) is 0 Å². The van der Waals surface area contributed by atoms with Gasteiger partial charge in [-0.15, -0.1) is 0 Å². The highest BCUT2D eigenvalue weighted by molar-refractivity contribution is 6.31. The normalized spacial score (nSPS) is 10.8. The lowest BCUT2D eigenvalue weighted by Gasteiger charge is -2.02. The van der Waals surface area contributed by atoms with Gasteiger partial charge in [-0.2, -0.15) is 0 Å². The molecule has 12 heavy (non-hydrogen) atoms. The minimum absolute atomic E-state index is 0.0651. The molecule has 1 heterocycles. The number of alkyl halides is 2. The second-order valence-corrected chi connectivity index (χ2v) is 2.56. The molecule has 1 rings (SSSR count). The van der Waals surface area contributed by atoms with Crippen molar-refractivity contribution in [3.8, 4) is 0 Å². The highest BCUT2D eigenvalue weighted by Crippen LogP contribution is 2.22. The van der Waals surface area contributed by atoms with Crippen molar-refractivity contribution in [2.45, 2.75) is 13.0 Å². The van der Waals surface area contributed by atoms with Crippen LogP contribution in [0.25, 0.3) is 0 Å². The average Bonchev–Trinajstić information content (AvgIpc) is 2.04. The molecule has 1 aromatic heterocycles. The fourth-order valence-electron chi connectivity index (χ4n) is 0.717. The van der Waals surface area contributed by atoms with Crippen molar-refractivity contribution in [2.75, 3.05) is 0 Å². The van der Waals surface area contributed by atoms with Crippen LogP contribution in [0.4, 0.5) is 8.78 Å². The summed E-state index contributed by atoms with van der Waals surface area (Å²) in [5, 5.41) is 8.68. The summed E-state index contributed by atoms with van der Waals surface area (Å²) in [6, 6.07) is 1.10. The summed E-state index contributed by atoms with van der Waals surface area (Å²) in [5.41, 5.74) is -0.0294. The number of halogens is 3. The summed E-state index contributed by atoms with van der Waals surface area (Å²) >= 11 is 5.52.